The molecule has 0 fully saturated rings. The van der Waals surface area contributed by atoms with Crippen molar-refractivity contribution in [2.45, 2.75) is 0 Å². The SMILES string of the molecule is NC(=O)Nc1ccnc(-c2ccncc2)n1. The Labute approximate surface area is 91.6 Å². The van der Waals surface area contributed by atoms with Crippen molar-refractivity contribution in [3.8, 4) is 11.4 Å². The molecule has 3 N–H and O–H groups in total. The molecule has 0 unspecified atom stereocenters. The van der Waals surface area contributed by atoms with E-state index in [9.17, 15) is 4.79 Å². The van der Waals surface area contributed by atoms with Gasteiger partial charge in [0.2, 0.25) is 0 Å². The third kappa shape index (κ3) is 2.30. The largest absolute Gasteiger partial charge is 0.351 e. The van der Waals surface area contributed by atoms with Crippen LogP contribution in [0, 0.1) is 0 Å². The van der Waals surface area contributed by atoms with E-state index in [1.165, 1.54) is 0 Å². The van der Waals surface area contributed by atoms with Crippen LogP contribution in [0.4, 0.5) is 10.6 Å². The summed E-state index contributed by atoms with van der Waals surface area (Å²) in [5, 5.41) is 2.39. The molecule has 0 saturated heterocycles. The van der Waals surface area contributed by atoms with Gasteiger partial charge in [0.25, 0.3) is 0 Å². The highest BCUT2D eigenvalue weighted by Crippen LogP contribution is 2.14. The average molecular weight is 215 g/mol. The molecule has 0 aliphatic rings. The molecular weight excluding hydrogens is 206 g/mol. The Kier molecular flexibility index (Phi) is 2.73. The van der Waals surface area contributed by atoms with Gasteiger partial charge in [-0.15, -0.1) is 0 Å². The molecule has 2 aromatic heterocycles. The fourth-order valence-corrected chi connectivity index (χ4v) is 1.19. The number of anilines is 1. The van der Waals surface area contributed by atoms with Gasteiger partial charge in [0.1, 0.15) is 5.82 Å². The van der Waals surface area contributed by atoms with Crippen LogP contribution >= 0.6 is 0 Å². The molecular formula is C10H9N5O. The maximum absolute atomic E-state index is 10.7. The highest BCUT2D eigenvalue weighted by atomic mass is 16.2. The number of nitrogens with two attached hydrogens (primary N) is 1. The van der Waals surface area contributed by atoms with Crippen molar-refractivity contribution >= 4 is 11.8 Å². The molecule has 2 rings (SSSR count). The molecule has 2 aromatic rings. The van der Waals surface area contributed by atoms with Crippen LogP contribution in [0.15, 0.2) is 36.8 Å². The summed E-state index contributed by atoms with van der Waals surface area (Å²) in [4.78, 5) is 22.8. The van der Waals surface area contributed by atoms with Crippen LogP contribution in [-0.2, 0) is 0 Å². The van der Waals surface area contributed by atoms with Gasteiger partial charge in [-0.25, -0.2) is 14.8 Å². The predicted octanol–water partition coefficient (Wildman–Crippen LogP) is 1.03. The number of hydrogen-bond donors (Lipinski definition) is 2. The number of urea groups is 1. The lowest BCUT2D eigenvalue weighted by Crippen LogP contribution is -2.20. The van der Waals surface area contributed by atoms with Crippen LogP contribution in [0.1, 0.15) is 0 Å². The maximum Gasteiger partial charge on any atom is 0.317 e. The summed E-state index contributed by atoms with van der Waals surface area (Å²) in [6.45, 7) is 0. The van der Waals surface area contributed by atoms with Gasteiger partial charge < -0.3 is 5.73 Å². The minimum atomic E-state index is -0.653. The van der Waals surface area contributed by atoms with E-state index < -0.39 is 6.03 Å². The summed E-state index contributed by atoms with van der Waals surface area (Å²) in [5.74, 6) is 0.878. The fourth-order valence-electron chi connectivity index (χ4n) is 1.19. The smallest absolute Gasteiger partial charge is 0.317 e. The molecule has 16 heavy (non-hydrogen) atoms. The second-order valence-electron chi connectivity index (χ2n) is 2.99. The Morgan fingerprint density at radius 2 is 1.94 bits per heavy atom. The van der Waals surface area contributed by atoms with Crippen LogP contribution in [0.3, 0.4) is 0 Å². The number of nitrogens with zero attached hydrogens (tertiary/aromatic N) is 3. The van der Waals surface area contributed by atoms with Crippen LogP contribution in [-0.4, -0.2) is 21.0 Å². The Bertz CT molecular complexity index is 500. The average Bonchev–Trinajstić information content (AvgIpc) is 2.30. The third-order valence-electron chi connectivity index (χ3n) is 1.85. The van der Waals surface area contributed by atoms with Gasteiger partial charge in [0, 0.05) is 24.2 Å². The molecule has 2 amide bonds. The van der Waals surface area contributed by atoms with E-state index in [4.69, 9.17) is 5.73 Å². The van der Waals surface area contributed by atoms with E-state index in [0.29, 0.717) is 11.6 Å². The molecule has 0 aromatic carbocycles. The molecule has 0 aliphatic heterocycles. The van der Waals surface area contributed by atoms with Crippen molar-refractivity contribution in [1.29, 1.82) is 0 Å². The molecule has 0 radical (unpaired) electrons. The van der Waals surface area contributed by atoms with E-state index >= 15 is 0 Å². The summed E-state index contributed by atoms with van der Waals surface area (Å²) in [6.07, 6.45) is 4.84. The minimum absolute atomic E-state index is 0.370. The number of carbonyl (C=O) groups is 1. The normalized spacial score (nSPS) is 9.75. The summed E-state index contributed by atoms with van der Waals surface area (Å²) in [7, 11) is 0. The molecule has 0 saturated carbocycles. The molecule has 2 heterocycles. The van der Waals surface area contributed by atoms with E-state index in [1.807, 2.05) is 0 Å². The molecule has 0 atom stereocenters. The number of nitrogens with one attached hydrogen (secondary N) is 1. The zero-order valence-electron chi connectivity index (χ0n) is 8.29. The number of amides is 2. The molecule has 6 nitrogen and oxygen atoms in total. The molecule has 6 heteroatoms. The Balaban J connectivity index is 2.33. The highest BCUT2D eigenvalue weighted by Gasteiger charge is 2.02. The fraction of sp³-hybridized carbons (Fsp3) is 0. The first-order valence-electron chi connectivity index (χ1n) is 4.55. The lowest BCUT2D eigenvalue weighted by molar-refractivity contribution is 0.259. The lowest BCUT2D eigenvalue weighted by Gasteiger charge is -2.03. The van der Waals surface area contributed by atoms with Gasteiger partial charge in [-0.3, -0.25) is 10.3 Å². The number of aromatic nitrogens is 3. The number of pyridine rings is 1. The molecule has 0 bridgehead atoms. The second kappa shape index (κ2) is 4.35. The zero-order chi connectivity index (χ0) is 11.4. The van der Waals surface area contributed by atoms with Crippen LogP contribution in [0.2, 0.25) is 0 Å². The number of rotatable bonds is 2. The van der Waals surface area contributed by atoms with Crippen molar-refractivity contribution in [2.24, 2.45) is 5.73 Å². The molecule has 80 valence electrons. The van der Waals surface area contributed by atoms with Gasteiger partial charge in [-0.2, -0.15) is 0 Å². The van der Waals surface area contributed by atoms with Gasteiger partial charge in [0.05, 0.1) is 0 Å². The van der Waals surface area contributed by atoms with Crippen molar-refractivity contribution in [3.63, 3.8) is 0 Å². The Hall–Kier alpha value is -2.50. The quantitative estimate of drug-likeness (QED) is 0.782. The number of primary amides is 1. The predicted molar refractivity (Wildman–Crippen MR) is 58.5 cm³/mol. The first-order valence-corrected chi connectivity index (χ1v) is 4.55. The summed E-state index contributed by atoms with van der Waals surface area (Å²) < 4.78 is 0. The van der Waals surface area contributed by atoms with Crippen molar-refractivity contribution < 1.29 is 4.79 Å². The second-order valence-corrected chi connectivity index (χ2v) is 2.99. The van der Waals surface area contributed by atoms with E-state index in [0.717, 1.165) is 5.56 Å². The van der Waals surface area contributed by atoms with E-state index in [2.05, 4.69) is 20.3 Å². The van der Waals surface area contributed by atoms with Crippen molar-refractivity contribution in [1.82, 2.24) is 15.0 Å². The van der Waals surface area contributed by atoms with Crippen LogP contribution in [0.25, 0.3) is 11.4 Å². The third-order valence-corrected chi connectivity index (χ3v) is 1.85. The molecule has 0 aliphatic carbocycles. The summed E-state index contributed by atoms with van der Waals surface area (Å²) >= 11 is 0. The number of carbonyl (C=O) groups excluding carboxylic acids is 1. The van der Waals surface area contributed by atoms with Crippen molar-refractivity contribution in [2.75, 3.05) is 5.32 Å². The summed E-state index contributed by atoms with van der Waals surface area (Å²) in [6, 6.07) is 4.47. The van der Waals surface area contributed by atoms with Gasteiger partial charge in [0.15, 0.2) is 5.82 Å². The van der Waals surface area contributed by atoms with Crippen LogP contribution < -0.4 is 11.1 Å². The van der Waals surface area contributed by atoms with Crippen molar-refractivity contribution in [3.05, 3.63) is 36.8 Å². The van der Waals surface area contributed by atoms with E-state index in [-0.39, 0.29) is 0 Å². The van der Waals surface area contributed by atoms with Gasteiger partial charge >= 0.3 is 6.03 Å². The number of hydrogen-bond acceptors (Lipinski definition) is 4. The Morgan fingerprint density at radius 3 is 2.62 bits per heavy atom. The first-order chi connectivity index (χ1) is 7.75. The standard InChI is InChI=1S/C10H9N5O/c11-10(16)15-8-3-6-13-9(14-8)7-1-4-12-5-2-7/h1-6H,(H3,11,13,14,15,16). The van der Waals surface area contributed by atoms with E-state index in [1.54, 1.807) is 36.8 Å². The first kappa shape index (κ1) is 10.0. The minimum Gasteiger partial charge on any atom is -0.351 e. The van der Waals surface area contributed by atoms with Gasteiger partial charge in [-0.1, -0.05) is 0 Å². The van der Waals surface area contributed by atoms with Crippen LogP contribution in [0.5, 0.6) is 0 Å². The monoisotopic (exact) mass is 215 g/mol. The molecule has 0 spiro atoms. The Morgan fingerprint density at radius 1 is 1.19 bits per heavy atom. The topological polar surface area (TPSA) is 93.8 Å². The highest BCUT2D eigenvalue weighted by molar-refractivity contribution is 5.86. The maximum atomic E-state index is 10.7. The lowest BCUT2D eigenvalue weighted by atomic mass is 10.2. The zero-order valence-corrected chi connectivity index (χ0v) is 8.29. The summed E-state index contributed by atoms with van der Waals surface area (Å²) in [5.41, 5.74) is 5.82. The van der Waals surface area contributed by atoms with Gasteiger partial charge in [-0.05, 0) is 18.2 Å².